The number of carbonyl (C=O) groups is 1. The number of rotatable bonds is 3. The summed E-state index contributed by atoms with van der Waals surface area (Å²) in [7, 11) is 0. The summed E-state index contributed by atoms with van der Waals surface area (Å²) in [6.07, 6.45) is 1.95. The fourth-order valence-electron chi connectivity index (χ4n) is 2.04. The molecule has 0 radical (unpaired) electrons. The largest absolute Gasteiger partial charge is 0.460 e. The van der Waals surface area contributed by atoms with Crippen molar-refractivity contribution in [1.82, 2.24) is 0 Å². The number of hydrogen-bond donors (Lipinski definition) is 0. The van der Waals surface area contributed by atoms with Crippen LogP contribution in [0.4, 0.5) is 4.39 Å². The molecule has 0 aromatic heterocycles. The Morgan fingerprint density at radius 2 is 2.05 bits per heavy atom. The fraction of sp³-hybridized carbons (Fsp3) is 0.533. The highest BCUT2D eigenvalue weighted by atomic mass is 79.9. The Morgan fingerprint density at radius 1 is 1.42 bits per heavy atom. The molecule has 0 spiro atoms. The van der Waals surface area contributed by atoms with E-state index in [9.17, 15) is 9.18 Å². The highest BCUT2D eigenvalue weighted by molar-refractivity contribution is 9.10. The molecule has 0 heterocycles. The highest BCUT2D eigenvalue weighted by Gasteiger charge is 2.52. The Bertz CT molecular complexity index is 501. The smallest absolute Gasteiger partial charge is 0.312 e. The summed E-state index contributed by atoms with van der Waals surface area (Å²) < 4.78 is 19.8. The monoisotopic (exact) mass is 328 g/mol. The quantitative estimate of drug-likeness (QED) is 0.775. The number of benzene rings is 1. The maximum atomic E-state index is 14.0. The molecular weight excluding hydrogens is 311 g/mol. The predicted octanol–water partition coefficient (Wildman–Crippen LogP) is 4.25. The highest BCUT2D eigenvalue weighted by Crippen LogP contribution is 2.50. The minimum Gasteiger partial charge on any atom is -0.460 e. The average molecular weight is 329 g/mol. The first-order valence-corrected chi connectivity index (χ1v) is 7.19. The van der Waals surface area contributed by atoms with Crippen molar-refractivity contribution in [3.05, 3.63) is 34.1 Å². The molecule has 19 heavy (non-hydrogen) atoms. The van der Waals surface area contributed by atoms with Crippen LogP contribution in [0, 0.1) is 11.2 Å². The van der Waals surface area contributed by atoms with Crippen LogP contribution in [0.1, 0.15) is 39.2 Å². The predicted molar refractivity (Wildman–Crippen MR) is 75.3 cm³/mol. The van der Waals surface area contributed by atoms with Crippen molar-refractivity contribution in [1.29, 1.82) is 0 Å². The summed E-state index contributed by atoms with van der Waals surface area (Å²) in [4.78, 5) is 12.2. The second-order valence-electron chi connectivity index (χ2n) is 6.17. The molecule has 1 fully saturated rings. The van der Waals surface area contributed by atoms with Gasteiger partial charge in [-0.25, -0.2) is 4.39 Å². The SMILES string of the molecule is CC(C)(C)OC(=O)C1(Cc2cccc(Br)c2F)CC1. The van der Waals surface area contributed by atoms with E-state index in [0.717, 1.165) is 12.8 Å². The van der Waals surface area contributed by atoms with E-state index in [2.05, 4.69) is 15.9 Å². The van der Waals surface area contributed by atoms with Gasteiger partial charge in [0.05, 0.1) is 9.89 Å². The molecule has 1 aliphatic rings. The summed E-state index contributed by atoms with van der Waals surface area (Å²) >= 11 is 3.17. The van der Waals surface area contributed by atoms with Crippen molar-refractivity contribution in [2.45, 2.75) is 45.6 Å². The lowest BCUT2D eigenvalue weighted by atomic mass is 9.96. The normalized spacial score (nSPS) is 17.1. The molecule has 1 aliphatic carbocycles. The van der Waals surface area contributed by atoms with E-state index in [4.69, 9.17) is 4.74 Å². The van der Waals surface area contributed by atoms with Gasteiger partial charge < -0.3 is 4.74 Å². The third kappa shape index (κ3) is 3.35. The Morgan fingerprint density at radius 3 is 2.58 bits per heavy atom. The average Bonchev–Trinajstić information content (AvgIpc) is 3.04. The molecule has 0 atom stereocenters. The molecule has 1 aromatic carbocycles. The first-order valence-electron chi connectivity index (χ1n) is 6.40. The molecule has 0 N–H and O–H groups in total. The van der Waals surface area contributed by atoms with Crippen LogP contribution in [-0.4, -0.2) is 11.6 Å². The van der Waals surface area contributed by atoms with E-state index < -0.39 is 11.0 Å². The number of halogens is 2. The van der Waals surface area contributed by atoms with Gasteiger partial charge in [-0.05, 0) is 67.6 Å². The molecule has 0 bridgehead atoms. The molecule has 104 valence electrons. The molecule has 0 amide bonds. The van der Waals surface area contributed by atoms with E-state index in [1.54, 1.807) is 18.2 Å². The van der Waals surface area contributed by atoms with E-state index in [0.29, 0.717) is 16.5 Å². The lowest BCUT2D eigenvalue weighted by molar-refractivity contribution is -0.161. The van der Waals surface area contributed by atoms with Gasteiger partial charge in [0, 0.05) is 0 Å². The second-order valence-corrected chi connectivity index (χ2v) is 7.03. The standard InChI is InChI=1S/C15H18BrFO2/c1-14(2,3)19-13(18)15(7-8-15)9-10-5-4-6-11(16)12(10)17/h4-6H,7-9H2,1-3H3. The second kappa shape index (κ2) is 4.89. The minimum atomic E-state index is -0.519. The zero-order valence-corrected chi connectivity index (χ0v) is 13.0. The fourth-order valence-corrected chi connectivity index (χ4v) is 2.45. The van der Waals surface area contributed by atoms with Gasteiger partial charge in [0.1, 0.15) is 11.4 Å². The topological polar surface area (TPSA) is 26.3 Å². The van der Waals surface area contributed by atoms with E-state index in [1.807, 2.05) is 20.8 Å². The maximum absolute atomic E-state index is 14.0. The molecule has 0 saturated heterocycles. The number of ether oxygens (including phenoxy) is 1. The van der Waals surface area contributed by atoms with Crippen LogP contribution in [0.3, 0.4) is 0 Å². The van der Waals surface area contributed by atoms with Crippen molar-refractivity contribution in [3.63, 3.8) is 0 Å². The Hall–Kier alpha value is -0.900. The zero-order valence-electron chi connectivity index (χ0n) is 11.4. The van der Waals surface area contributed by atoms with E-state index in [1.165, 1.54) is 0 Å². The van der Waals surface area contributed by atoms with E-state index in [-0.39, 0.29) is 11.8 Å². The zero-order chi connectivity index (χ0) is 14.3. The van der Waals surface area contributed by atoms with E-state index >= 15 is 0 Å². The van der Waals surface area contributed by atoms with Crippen LogP contribution < -0.4 is 0 Å². The lowest BCUT2D eigenvalue weighted by Gasteiger charge is -2.24. The van der Waals surface area contributed by atoms with Crippen LogP contribution in [0.15, 0.2) is 22.7 Å². The summed E-state index contributed by atoms with van der Waals surface area (Å²) in [6.45, 7) is 5.54. The van der Waals surface area contributed by atoms with Crippen molar-refractivity contribution in [2.24, 2.45) is 5.41 Å². The maximum Gasteiger partial charge on any atom is 0.312 e. The summed E-state index contributed by atoms with van der Waals surface area (Å²) in [5, 5.41) is 0. The van der Waals surface area contributed by atoms with Crippen LogP contribution in [0.2, 0.25) is 0 Å². The van der Waals surface area contributed by atoms with Gasteiger partial charge in [-0.3, -0.25) is 4.79 Å². The summed E-state index contributed by atoms with van der Waals surface area (Å²) in [6, 6.07) is 5.17. The number of carbonyl (C=O) groups excluding carboxylic acids is 1. The van der Waals surface area contributed by atoms with Gasteiger partial charge in [-0.2, -0.15) is 0 Å². The summed E-state index contributed by atoms with van der Waals surface area (Å²) in [5.74, 6) is -0.489. The Labute approximate surface area is 121 Å². The van der Waals surface area contributed by atoms with Gasteiger partial charge in [0.2, 0.25) is 0 Å². The van der Waals surface area contributed by atoms with Crippen LogP contribution in [0.25, 0.3) is 0 Å². The molecule has 1 aromatic rings. The van der Waals surface area contributed by atoms with Gasteiger partial charge >= 0.3 is 5.97 Å². The molecule has 2 nitrogen and oxygen atoms in total. The van der Waals surface area contributed by atoms with Gasteiger partial charge in [0.15, 0.2) is 0 Å². The van der Waals surface area contributed by atoms with Crippen molar-refractivity contribution < 1.29 is 13.9 Å². The van der Waals surface area contributed by atoms with Crippen LogP contribution >= 0.6 is 15.9 Å². The van der Waals surface area contributed by atoms with Gasteiger partial charge in [0.25, 0.3) is 0 Å². The first kappa shape index (κ1) is 14.5. The Balaban J connectivity index is 2.14. The van der Waals surface area contributed by atoms with Crippen molar-refractivity contribution >= 4 is 21.9 Å². The lowest BCUT2D eigenvalue weighted by Crippen LogP contribution is -2.31. The third-order valence-corrected chi connectivity index (χ3v) is 3.86. The molecule has 1 saturated carbocycles. The van der Waals surface area contributed by atoms with Crippen LogP contribution in [-0.2, 0) is 16.0 Å². The van der Waals surface area contributed by atoms with Gasteiger partial charge in [-0.15, -0.1) is 0 Å². The molecule has 0 unspecified atom stereocenters. The summed E-state index contributed by atoms with van der Waals surface area (Å²) in [5.41, 5.74) is -0.449. The van der Waals surface area contributed by atoms with Crippen molar-refractivity contribution in [3.8, 4) is 0 Å². The molecular formula is C15H18BrFO2. The minimum absolute atomic E-state index is 0.209. The third-order valence-electron chi connectivity index (χ3n) is 3.25. The molecule has 0 aliphatic heterocycles. The van der Waals surface area contributed by atoms with Gasteiger partial charge in [-0.1, -0.05) is 12.1 Å². The Kier molecular flexibility index (Phi) is 3.74. The number of esters is 1. The van der Waals surface area contributed by atoms with Crippen molar-refractivity contribution in [2.75, 3.05) is 0 Å². The molecule has 4 heteroatoms. The number of hydrogen-bond acceptors (Lipinski definition) is 2. The molecule has 2 rings (SSSR count). The first-order chi connectivity index (χ1) is 8.73. The van der Waals surface area contributed by atoms with Crippen LogP contribution in [0.5, 0.6) is 0 Å².